The van der Waals surface area contributed by atoms with Gasteiger partial charge in [-0.3, -0.25) is 0 Å². The van der Waals surface area contributed by atoms with Crippen LogP contribution in [0.4, 0.5) is 30.8 Å². The SMILES string of the molecule is CC(C)n1c(CO)nc2cnc(Nc3ccnc(N4CC[C@H](O)[C@H](C(F)(F)F)C4)n3)cc21. The molecule has 0 aromatic carbocycles. The molecule has 0 saturated carbocycles. The first-order valence-corrected chi connectivity index (χ1v) is 10.2. The molecule has 4 rings (SSSR count). The number of aliphatic hydroxyl groups excluding tert-OH is 2. The van der Waals surface area contributed by atoms with Crippen LogP contribution < -0.4 is 10.2 Å². The van der Waals surface area contributed by atoms with Gasteiger partial charge in [-0.25, -0.2) is 15.0 Å². The van der Waals surface area contributed by atoms with Crippen LogP contribution in [0.25, 0.3) is 11.0 Å². The molecule has 0 radical (unpaired) electrons. The average Bonchev–Trinajstić information content (AvgIpc) is 3.11. The minimum atomic E-state index is -4.50. The summed E-state index contributed by atoms with van der Waals surface area (Å²) in [6.45, 7) is 3.58. The molecule has 12 heteroatoms. The van der Waals surface area contributed by atoms with Crippen LogP contribution in [-0.4, -0.2) is 60.1 Å². The molecule has 3 N–H and O–H groups in total. The molecule has 172 valence electrons. The van der Waals surface area contributed by atoms with E-state index < -0.39 is 24.7 Å². The number of piperidine rings is 1. The Kier molecular flexibility index (Phi) is 5.91. The third-order valence-electron chi connectivity index (χ3n) is 5.49. The fourth-order valence-corrected chi connectivity index (χ4v) is 3.95. The number of aromatic nitrogens is 5. The van der Waals surface area contributed by atoms with Crippen molar-refractivity contribution in [3.05, 3.63) is 30.4 Å². The van der Waals surface area contributed by atoms with E-state index >= 15 is 0 Å². The molecule has 2 atom stereocenters. The number of hydrogen-bond acceptors (Lipinski definition) is 8. The summed E-state index contributed by atoms with van der Waals surface area (Å²) in [7, 11) is 0. The van der Waals surface area contributed by atoms with Gasteiger partial charge in [0.25, 0.3) is 0 Å². The van der Waals surface area contributed by atoms with Gasteiger partial charge in [0.2, 0.25) is 5.95 Å². The Hall–Kier alpha value is -2.99. The molecule has 0 bridgehead atoms. The number of aliphatic hydroxyl groups is 2. The first-order valence-electron chi connectivity index (χ1n) is 10.2. The molecule has 9 nitrogen and oxygen atoms in total. The summed E-state index contributed by atoms with van der Waals surface area (Å²) in [5, 5.41) is 22.4. The van der Waals surface area contributed by atoms with Crippen LogP contribution in [0.1, 0.15) is 32.1 Å². The van der Waals surface area contributed by atoms with Gasteiger partial charge in [0.15, 0.2) is 0 Å². The van der Waals surface area contributed by atoms with Crippen molar-refractivity contribution in [1.82, 2.24) is 24.5 Å². The standard InChI is InChI=1S/C20H24F3N7O2/c1-11(2)30-14-7-17(25-8-13(14)26-18(30)10-31)27-16-3-5-24-19(28-16)29-6-4-15(32)12(9-29)20(21,22)23/h3,5,7-8,11-12,15,31-32H,4,6,9-10H2,1-2H3,(H,24,25,27,28)/t12-,15+/m1/s1. The van der Waals surface area contributed by atoms with E-state index in [1.54, 1.807) is 18.3 Å². The van der Waals surface area contributed by atoms with Crippen molar-refractivity contribution < 1.29 is 23.4 Å². The highest BCUT2D eigenvalue weighted by Gasteiger charge is 2.47. The van der Waals surface area contributed by atoms with Crippen molar-refractivity contribution in [2.45, 2.75) is 45.2 Å². The largest absolute Gasteiger partial charge is 0.395 e. The van der Waals surface area contributed by atoms with E-state index in [1.165, 1.54) is 11.1 Å². The van der Waals surface area contributed by atoms with Crippen LogP contribution >= 0.6 is 0 Å². The van der Waals surface area contributed by atoms with Crippen LogP contribution in [0.2, 0.25) is 0 Å². The fraction of sp³-hybridized carbons (Fsp3) is 0.500. The highest BCUT2D eigenvalue weighted by Crippen LogP contribution is 2.34. The van der Waals surface area contributed by atoms with Crippen LogP contribution in [0, 0.1) is 5.92 Å². The number of alkyl halides is 3. The van der Waals surface area contributed by atoms with Crippen LogP contribution in [-0.2, 0) is 6.61 Å². The number of rotatable bonds is 5. The molecule has 3 aromatic heterocycles. The van der Waals surface area contributed by atoms with Gasteiger partial charge in [0, 0.05) is 31.4 Å². The normalized spacial score (nSPS) is 19.7. The fourth-order valence-electron chi connectivity index (χ4n) is 3.95. The number of fused-ring (bicyclic) bond motifs is 1. The molecule has 1 saturated heterocycles. The highest BCUT2D eigenvalue weighted by atomic mass is 19.4. The van der Waals surface area contributed by atoms with Crippen molar-refractivity contribution in [1.29, 1.82) is 0 Å². The molecular weight excluding hydrogens is 427 g/mol. The van der Waals surface area contributed by atoms with E-state index in [0.717, 1.165) is 5.52 Å². The van der Waals surface area contributed by atoms with Crippen molar-refractivity contribution in [2.75, 3.05) is 23.3 Å². The molecule has 3 aromatic rings. The second kappa shape index (κ2) is 8.51. The number of nitrogens with zero attached hydrogens (tertiary/aromatic N) is 6. The maximum Gasteiger partial charge on any atom is 0.395 e. The minimum Gasteiger partial charge on any atom is -0.392 e. The van der Waals surface area contributed by atoms with E-state index in [9.17, 15) is 23.4 Å². The number of nitrogens with one attached hydrogen (secondary N) is 1. The molecule has 1 aliphatic rings. The Bertz CT molecular complexity index is 1100. The van der Waals surface area contributed by atoms with Crippen LogP contribution in [0.5, 0.6) is 0 Å². The van der Waals surface area contributed by atoms with E-state index in [0.29, 0.717) is 23.0 Å². The summed E-state index contributed by atoms with van der Waals surface area (Å²) >= 11 is 0. The Morgan fingerprint density at radius 2 is 2.00 bits per heavy atom. The number of pyridine rings is 1. The third kappa shape index (κ3) is 4.32. The summed E-state index contributed by atoms with van der Waals surface area (Å²) in [4.78, 5) is 18.6. The molecule has 4 heterocycles. The van der Waals surface area contributed by atoms with Crippen LogP contribution in [0.15, 0.2) is 24.5 Å². The first kappa shape index (κ1) is 22.2. The first-order chi connectivity index (χ1) is 15.2. The van der Waals surface area contributed by atoms with Crippen molar-refractivity contribution in [3.63, 3.8) is 0 Å². The van der Waals surface area contributed by atoms with E-state index in [-0.39, 0.29) is 31.6 Å². The zero-order chi connectivity index (χ0) is 23.0. The van der Waals surface area contributed by atoms with E-state index in [4.69, 9.17) is 0 Å². The zero-order valence-corrected chi connectivity index (χ0v) is 17.6. The summed E-state index contributed by atoms with van der Waals surface area (Å²) in [5.74, 6) is -0.334. The Morgan fingerprint density at radius 1 is 1.22 bits per heavy atom. The van der Waals surface area contributed by atoms with Gasteiger partial charge in [-0.15, -0.1) is 0 Å². The second-order valence-electron chi connectivity index (χ2n) is 8.03. The molecular formula is C20H24F3N7O2. The van der Waals surface area contributed by atoms with Crippen molar-refractivity contribution in [2.24, 2.45) is 5.92 Å². The smallest absolute Gasteiger partial charge is 0.392 e. The summed E-state index contributed by atoms with van der Waals surface area (Å²) in [5.41, 5.74) is 1.43. The average molecular weight is 451 g/mol. The van der Waals surface area contributed by atoms with E-state index in [1.807, 2.05) is 18.4 Å². The van der Waals surface area contributed by atoms with Gasteiger partial charge < -0.3 is 25.0 Å². The predicted octanol–water partition coefficient (Wildman–Crippen LogP) is 2.79. The molecule has 32 heavy (non-hydrogen) atoms. The minimum absolute atomic E-state index is 0.0181. The van der Waals surface area contributed by atoms with Gasteiger partial charge in [-0.2, -0.15) is 18.2 Å². The lowest BCUT2D eigenvalue weighted by Crippen LogP contribution is -2.49. The number of anilines is 3. The van der Waals surface area contributed by atoms with Gasteiger partial charge in [-0.05, 0) is 26.3 Å². The zero-order valence-electron chi connectivity index (χ0n) is 17.6. The highest BCUT2D eigenvalue weighted by molar-refractivity contribution is 5.79. The van der Waals surface area contributed by atoms with Gasteiger partial charge >= 0.3 is 6.18 Å². The molecule has 1 aliphatic heterocycles. The van der Waals surface area contributed by atoms with Crippen molar-refractivity contribution in [3.8, 4) is 0 Å². The van der Waals surface area contributed by atoms with Crippen LogP contribution in [0.3, 0.4) is 0 Å². The lowest BCUT2D eigenvalue weighted by molar-refractivity contribution is -0.200. The third-order valence-corrected chi connectivity index (χ3v) is 5.49. The van der Waals surface area contributed by atoms with Gasteiger partial charge in [0.1, 0.15) is 29.6 Å². The molecule has 0 aliphatic carbocycles. The summed E-state index contributed by atoms with van der Waals surface area (Å²) in [6, 6.07) is 3.44. The Morgan fingerprint density at radius 3 is 2.69 bits per heavy atom. The molecule has 0 amide bonds. The molecule has 1 fully saturated rings. The Labute approximate surface area is 182 Å². The Balaban J connectivity index is 1.58. The summed E-state index contributed by atoms with van der Waals surface area (Å²) in [6.07, 6.45) is -2.91. The predicted molar refractivity (Wildman–Crippen MR) is 112 cm³/mol. The molecule has 0 spiro atoms. The topological polar surface area (TPSA) is 112 Å². The number of halogens is 3. The van der Waals surface area contributed by atoms with E-state index in [2.05, 4.69) is 25.3 Å². The van der Waals surface area contributed by atoms with Gasteiger partial charge in [-0.1, -0.05) is 0 Å². The second-order valence-corrected chi connectivity index (χ2v) is 8.03. The maximum absolute atomic E-state index is 13.2. The quantitative estimate of drug-likeness (QED) is 0.543. The molecule has 0 unspecified atom stereocenters. The summed E-state index contributed by atoms with van der Waals surface area (Å²) < 4.78 is 41.6. The maximum atomic E-state index is 13.2. The lowest BCUT2D eigenvalue weighted by atomic mass is 9.94. The lowest BCUT2D eigenvalue weighted by Gasteiger charge is -2.37. The number of hydrogen-bond donors (Lipinski definition) is 3. The number of imidazole rings is 1. The van der Waals surface area contributed by atoms with Crippen molar-refractivity contribution >= 4 is 28.6 Å². The van der Waals surface area contributed by atoms with Gasteiger partial charge in [0.05, 0.1) is 23.7 Å². The monoisotopic (exact) mass is 451 g/mol.